The van der Waals surface area contributed by atoms with Crippen LogP contribution in [0.2, 0.25) is 0 Å². The third kappa shape index (κ3) is 5.83. The van der Waals surface area contributed by atoms with E-state index in [1.54, 1.807) is 11.8 Å². The summed E-state index contributed by atoms with van der Waals surface area (Å²) < 4.78 is 26.4. The number of aryl methyl sites for hydroxylation is 2. The van der Waals surface area contributed by atoms with Crippen LogP contribution in [-0.4, -0.2) is 51.5 Å². The van der Waals surface area contributed by atoms with E-state index in [-0.39, 0.29) is 11.8 Å². The van der Waals surface area contributed by atoms with E-state index in [1.807, 2.05) is 71.8 Å². The molecule has 8 nitrogen and oxygen atoms in total. The average Bonchev–Trinajstić information content (AvgIpc) is 2.76. The molecule has 0 radical (unpaired) electrons. The van der Waals surface area contributed by atoms with Crippen LogP contribution in [0.25, 0.3) is 0 Å². The Bertz CT molecular complexity index is 1310. The topological polar surface area (TPSA) is 98.8 Å². The van der Waals surface area contributed by atoms with Gasteiger partial charge in [-0.1, -0.05) is 32.9 Å². The highest BCUT2D eigenvalue weighted by Crippen LogP contribution is 2.34. The van der Waals surface area contributed by atoms with Crippen molar-refractivity contribution >= 4 is 38.9 Å². The van der Waals surface area contributed by atoms with Crippen molar-refractivity contribution in [1.82, 2.24) is 4.90 Å². The maximum absolute atomic E-state index is 13.7. The molecule has 0 bridgehead atoms. The van der Waals surface area contributed by atoms with Crippen molar-refractivity contribution in [2.75, 3.05) is 35.3 Å². The smallest absolute Gasteiger partial charge is 0.247 e. The molecule has 36 heavy (non-hydrogen) atoms. The van der Waals surface area contributed by atoms with Gasteiger partial charge < -0.3 is 15.1 Å². The lowest BCUT2D eigenvalue weighted by atomic mass is 9.88. The average molecular weight is 515 g/mol. The molecule has 0 fully saturated rings. The molecule has 0 aromatic heterocycles. The summed E-state index contributed by atoms with van der Waals surface area (Å²) in [5.41, 5.74) is 5.67. The third-order valence-corrected chi connectivity index (χ3v) is 7.12. The highest BCUT2D eigenvalue weighted by Gasteiger charge is 2.39. The molecule has 1 aliphatic rings. The van der Waals surface area contributed by atoms with Gasteiger partial charge in [-0.15, -0.1) is 0 Å². The molecule has 1 heterocycles. The molecule has 0 unspecified atom stereocenters. The number of benzene rings is 2. The largest absolute Gasteiger partial charge is 0.378 e. The number of hydrogen-bond acceptors (Lipinski definition) is 5. The van der Waals surface area contributed by atoms with Crippen LogP contribution in [-0.2, 0) is 32.6 Å². The summed E-state index contributed by atoms with van der Waals surface area (Å²) in [6.07, 6.45) is 1.50. The number of hydrogen-bond donors (Lipinski definition) is 2. The van der Waals surface area contributed by atoms with Crippen LogP contribution >= 0.6 is 0 Å². The van der Waals surface area contributed by atoms with E-state index in [2.05, 4.69) is 16.1 Å². The second-order valence-electron chi connectivity index (χ2n) is 11.0. The van der Waals surface area contributed by atoms with Crippen LogP contribution in [0.1, 0.15) is 48.6 Å². The number of fused-ring (bicyclic) bond motifs is 1. The molecular weight excluding hydrogens is 476 g/mol. The van der Waals surface area contributed by atoms with Gasteiger partial charge in [0.05, 0.1) is 11.9 Å². The van der Waals surface area contributed by atoms with Gasteiger partial charge in [-0.25, -0.2) is 8.42 Å². The molecule has 1 atom stereocenters. The first-order valence-electron chi connectivity index (χ1n) is 12.0. The third-order valence-electron chi connectivity index (χ3n) is 6.55. The fraction of sp³-hybridized carbons (Fsp3) is 0.481. The Morgan fingerprint density at radius 2 is 1.61 bits per heavy atom. The second-order valence-corrected chi connectivity index (χ2v) is 12.7. The van der Waals surface area contributed by atoms with Gasteiger partial charge >= 0.3 is 0 Å². The summed E-state index contributed by atoms with van der Waals surface area (Å²) in [5, 5.41) is 3.02. The summed E-state index contributed by atoms with van der Waals surface area (Å²) in [7, 11) is 0.441. The minimum Gasteiger partial charge on any atom is -0.378 e. The summed E-state index contributed by atoms with van der Waals surface area (Å²) in [5.74, 6) is -0.393. The van der Waals surface area contributed by atoms with E-state index < -0.39 is 21.5 Å². The SMILES string of the molecule is Cc1cc(C)c(NS(C)(=O)=O)c(C)c1NC(=O)[C@@H]1Cc2ccc(N(C)C)cc2CN1C(=O)C(C)(C)C. The maximum atomic E-state index is 13.7. The molecule has 0 spiro atoms. The Kier molecular flexibility index (Phi) is 7.46. The molecule has 2 aromatic carbocycles. The van der Waals surface area contributed by atoms with Gasteiger partial charge in [0.1, 0.15) is 6.04 Å². The number of anilines is 3. The van der Waals surface area contributed by atoms with E-state index in [0.29, 0.717) is 29.9 Å². The number of rotatable bonds is 5. The Balaban J connectivity index is 2.02. The zero-order chi connectivity index (χ0) is 27.2. The Hall–Kier alpha value is -3.07. The first-order valence-corrected chi connectivity index (χ1v) is 13.9. The van der Waals surface area contributed by atoms with E-state index >= 15 is 0 Å². The number of nitrogens with one attached hydrogen (secondary N) is 2. The first kappa shape index (κ1) is 27.5. The molecule has 0 saturated carbocycles. The number of carbonyl (C=O) groups excluding carboxylic acids is 2. The number of sulfonamides is 1. The normalized spacial score (nSPS) is 15.8. The molecule has 1 aliphatic heterocycles. The summed E-state index contributed by atoms with van der Waals surface area (Å²) in [6, 6.07) is 7.27. The lowest BCUT2D eigenvalue weighted by Gasteiger charge is -2.39. The minimum absolute atomic E-state index is 0.0969. The maximum Gasteiger partial charge on any atom is 0.247 e. The van der Waals surface area contributed by atoms with Crippen LogP contribution < -0.4 is 14.9 Å². The van der Waals surface area contributed by atoms with E-state index in [4.69, 9.17) is 0 Å². The van der Waals surface area contributed by atoms with Crippen molar-refractivity contribution in [2.45, 2.75) is 60.5 Å². The monoisotopic (exact) mass is 514 g/mol. The fourth-order valence-electron chi connectivity index (χ4n) is 4.65. The highest BCUT2D eigenvalue weighted by molar-refractivity contribution is 7.92. The number of carbonyl (C=O) groups is 2. The molecule has 2 amide bonds. The molecule has 9 heteroatoms. The molecule has 3 rings (SSSR count). The molecule has 0 saturated heterocycles. The van der Waals surface area contributed by atoms with Crippen molar-refractivity contribution < 1.29 is 18.0 Å². The fourth-order valence-corrected chi connectivity index (χ4v) is 5.34. The second kappa shape index (κ2) is 9.76. The minimum atomic E-state index is -3.50. The molecule has 0 aliphatic carbocycles. The standard InChI is InChI=1S/C27H38N4O4S/c1-16-12-17(2)24(29-36(9,34)35)18(3)23(16)28-25(32)22-14-19-10-11-21(30(7)8)13-20(19)15-31(22)26(33)27(4,5)6/h10-13,22,29H,14-15H2,1-9H3,(H,28,32)/t22-/m0/s1. The first-order chi connectivity index (χ1) is 16.5. The zero-order valence-electron chi connectivity index (χ0n) is 22.7. The van der Waals surface area contributed by atoms with Crippen molar-refractivity contribution in [3.63, 3.8) is 0 Å². The summed E-state index contributed by atoms with van der Waals surface area (Å²) in [6.45, 7) is 11.4. The van der Waals surface area contributed by atoms with Gasteiger partial charge in [0.15, 0.2) is 0 Å². The molecule has 196 valence electrons. The lowest BCUT2D eigenvalue weighted by molar-refractivity contribution is -0.146. The quantitative estimate of drug-likeness (QED) is 0.629. The lowest BCUT2D eigenvalue weighted by Crippen LogP contribution is -2.53. The van der Waals surface area contributed by atoms with Crippen molar-refractivity contribution in [3.05, 3.63) is 52.1 Å². The van der Waals surface area contributed by atoms with E-state index in [1.165, 1.54) is 0 Å². The highest BCUT2D eigenvalue weighted by atomic mass is 32.2. The van der Waals surface area contributed by atoms with Crippen molar-refractivity contribution in [3.8, 4) is 0 Å². The number of nitrogens with zero attached hydrogens (tertiary/aromatic N) is 2. The van der Waals surface area contributed by atoms with Gasteiger partial charge in [-0.05, 0) is 60.7 Å². The Labute approximate surface area is 215 Å². The summed E-state index contributed by atoms with van der Waals surface area (Å²) in [4.78, 5) is 30.9. The van der Waals surface area contributed by atoms with E-state index in [9.17, 15) is 18.0 Å². The van der Waals surface area contributed by atoms with Gasteiger partial charge in [-0.3, -0.25) is 14.3 Å². The van der Waals surface area contributed by atoms with Gasteiger partial charge in [-0.2, -0.15) is 0 Å². The van der Waals surface area contributed by atoms with E-state index in [0.717, 1.165) is 34.2 Å². The van der Waals surface area contributed by atoms with Crippen LogP contribution in [0, 0.1) is 26.2 Å². The van der Waals surface area contributed by atoms with Crippen molar-refractivity contribution in [2.24, 2.45) is 5.41 Å². The van der Waals surface area contributed by atoms with Gasteiger partial charge in [0.25, 0.3) is 0 Å². The Morgan fingerprint density at radius 1 is 1.00 bits per heavy atom. The van der Waals surface area contributed by atoms with Crippen LogP contribution in [0.5, 0.6) is 0 Å². The molecular formula is C27H38N4O4S. The van der Waals surface area contributed by atoms with Crippen LogP contribution in [0.15, 0.2) is 24.3 Å². The molecule has 2 N–H and O–H groups in total. The van der Waals surface area contributed by atoms with Gasteiger partial charge in [0.2, 0.25) is 21.8 Å². The van der Waals surface area contributed by atoms with Crippen LogP contribution in [0.4, 0.5) is 17.1 Å². The van der Waals surface area contributed by atoms with Crippen molar-refractivity contribution in [1.29, 1.82) is 0 Å². The van der Waals surface area contributed by atoms with Gasteiger partial charge in [0, 0.05) is 43.9 Å². The predicted molar refractivity (Wildman–Crippen MR) is 146 cm³/mol. The zero-order valence-corrected chi connectivity index (χ0v) is 23.6. The molecule has 2 aromatic rings. The Morgan fingerprint density at radius 3 is 2.17 bits per heavy atom. The number of amides is 2. The van der Waals surface area contributed by atoms with Crippen LogP contribution in [0.3, 0.4) is 0 Å². The predicted octanol–water partition coefficient (Wildman–Crippen LogP) is 3.99. The summed E-state index contributed by atoms with van der Waals surface area (Å²) >= 11 is 0.